The smallest absolute Gasteiger partial charge is 0.302 e. The molecule has 6 heteroatoms. The summed E-state index contributed by atoms with van der Waals surface area (Å²) in [5, 5.41) is 0.545. The number of rotatable bonds is 5. The Morgan fingerprint density at radius 1 is 0.929 bits per heavy atom. The van der Waals surface area contributed by atoms with E-state index in [2.05, 4.69) is 4.90 Å². The Kier molecular flexibility index (Phi) is 5.13. The third-order valence-electron chi connectivity index (χ3n) is 5.47. The minimum absolute atomic E-state index is 0.130. The summed E-state index contributed by atoms with van der Waals surface area (Å²) in [7, 11) is 0. The van der Waals surface area contributed by atoms with Gasteiger partial charge < -0.3 is 4.90 Å². The van der Waals surface area contributed by atoms with Gasteiger partial charge in [-0.3, -0.25) is 13.9 Å². The van der Waals surface area contributed by atoms with Crippen LogP contribution in [0.25, 0.3) is 10.9 Å². The number of nitrogens with zero attached hydrogens (tertiary/aromatic N) is 3. The van der Waals surface area contributed by atoms with Crippen LogP contribution in [0.1, 0.15) is 24.0 Å². The Morgan fingerprint density at radius 3 is 2.36 bits per heavy atom. The molecule has 0 amide bonds. The molecule has 0 radical (unpaired) electrons. The van der Waals surface area contributed by atoms with Crippen molar-refractivity contribution in [2.75, 3.05) is 19.6 Å². The normalized spacial score (nSPS) is 14.8. The lowest BCUT2D eigenvalue weighted by Gasteiger charge is -2.18. The first-order chi connectivity index (χ1) is 13.5. The van der Waals surface area contributed by atoms with Crippen molar-refractivity contribution >= 4 is 10.9 Å². The number of hydrogen-bond acceptors (Lipinski definition) is 3. The van der Waals surface area contributed by atoms with Crippen molar-refractivity contribution in [3.63, 3.8) is 0 Å². The first-order valence-corrected chi connectivity index (χ1v) is 9.74. The maximum absolute atomic E-state index is 13.2. The van der Waals surface area contributed by atoms with E-state index in [4.69, 9.17) is 0 Å². The maximum atomic E-state index is 13.2. The van der Waals surface area contributed by atoms with Crippen molar-refractivity contribution in [2.45, 2.75) is 32.9 Å². The lowest BCUT2D eigenvalue weighted by molar-refractivity contribution is 0.320. The van der Waals surface area contributed by atoms with Crippen LogP contribution in [-0.4, -0.2) is 33.7 Å². The van der Waals surface area contributed by atoms with E-state index >= 15 is 0 Å². The van der Waals surface area contributed by atoms with Crippen LogP contribution < -0.4 is 11.2 Å². The number of aryl methyl sites for hydroxylation is 1. The van der Waals surface area contributed by atoms with Gasteiger partial charge in [0.15, 0.2) is 0 Å². The predicted octanol–water partition coefficient (Wildman–Crippen LogP) is 2.75. The maximum Gasteiger partial charge on any atom is 0.331 e. The minimum Gasteiger partial charge on any atom is -0.302 e. The van der Waals surface area contributed by atoms with Crippen LogP contribution >= 0.6 is 0 Å². The average Bonchev–Trinajstić information content (AvgIpc) is 3.20. The summed E-state index contributed by atoms with van der Waals surface area (Å²) in [6, 6.07) is 11.5. The van der Waals surface area contributed by atoms with Crippen LogP contribution in [0.3, 0.4) is 0 Å². The van der Waals surface area contributed by atoms with E-state index in [9.17, 15) is 14.0 Å². The quantitative estimate of drug-likeness (QED) is 0.683. The van der Waals surface area contributed by atoms with E-state index < -0.39 is 0 Å². The van der Waals surface area contributed by atoms with Gasteiger partial charge in [0.2, 0.25) is 0 Å². The van der Waals surface area contributed by atoms with Gasteiger partial charge in [0.25, 0.3) is 5.56 Å². The van der Waals surface area contributed by atoms with Gasteiger partial charge in [-0.2, -0.15) is 0 Å². The first-order valence-electron chi connectivity index (χ1n) is 9.74. The number of benzene rings is 2. The zero-order valence-corrected chi connectivity index (χ0v) is 16.0. The summed E-state index contributed by atoms with van der Waals surface area (Å²) in [5.74, 6) is -0.340. The molecule has 0 atom stereocenters. The summed E-state index contributed by atoms with van der Waals surface area (Å²) < 4.78 is 16.2. The van der Waals surface area contributed by atoms with Crippen LogP contribution in [0.4, 0.5) is 4.39 Å². The van der Waals surface area contributed by atoms with Crippen LogP contribution in [0.2, 0.25) is 0 Å². The van der Waals surface area contributed by atoms with E-state index in [0.717, 1.165) is 30.8 Å². The second kappa shape index (κ2) is 7.72. The molecule has 1 aliphatic heterocycles. The largest absolute Gasteiger partial charge is 0.331 e. The Balaban J connectivity index is 1.80. The van der Waals surface area contributed by atoms with Crippen molar-refractivity contribution in [1.82, 2.24) is 14.0 Å². The molecule has 0 N–H and O–H groups in total. The van der Waals surface area contributed by atoms with Crippen molar-refractivity contribution in [3.8, 4) is 0 Å². The molecule has 28 heavy (non-hydrogen) atoms. The molecular formula is C22H24FN3O2. The Labute approximate surface area is 162 Å². The van der Waals surface area contributed by atoms with Gasteiger partial charge in [0, 0.05) is 13.1 Å². The van der Waals surface area contributed by atoms with Crippen LogP contribution in [-0.2, 0) is 13.1 Å². The molecule has 5 nitrogen and oxygen atoms in total. The molecule has 0 saturated carbocycles. The van der Waals surface area contributed by atoms with Crippen LogP contribution in [0.5, 0.6) is 0 Å². The van der Waals surface area contributed by atoms with Gasteiger partial charge >= 0.3 is 5.69 Å². The lowest BCUT2D eigenvalue weighted by atomic mass is 10.1. The number of likely N-dealkylation sites (tertiary alicyclic amines) is 1. The standard InChI is InChI=1S/C22H24FN3O2/c1-16-4-9-20-19(14-16)21(27)26(15-17-5-7-18(23)8-6-17)22(28)25(20)13-12-24-10-2-3-11-24/h4-9,14H,2-3,10-13,15H2,1H3. The van der Waals surface area contributed by atoms with Crippen LogP contribution in [0.15, 0.2) is 52.1 Å². The van der Waals surface area contributed by atoms with Crippen LogP contribution in [0, 0.1) is 12.7 Å². The second-order valence-electron chi connectivity index (χ2n) is 7.52. The molecule has 0 aliphatic carbocycles. The molecule has 3 aromatic rings. The topological polar surface area (TPSA) is 47.2 Å². The molecule has 0 bridgehead atoms. The number of aromatic nitrogens is 2. The van der Waals surface area contributed by atoms with Gasteiger partial charge in [0.05, 0.1) is 17.4 Å². The summed E-state index contributed by atoms with van der Waals surface area (Å²) in [6.45, 7) is 5.51. The fraction of sp³-hybridized carbons (Fsp3) is 0.364. The Morgan fingerprint density at radius 2 is 1.64 bits per heavy atom. The number of halogens is 1. The molecule has 0 unspecified atom stereocenters. The number of fused-ring (bicyclic) bond motifs is 1. The SMILES string of the molecule is Cc1ccc2c(c1)c(=O)n(Cc1ccc(F)cc1)c(=O)n2CCN1CCCC1. The van der Waals surface area contributed by atoms with Crippen molar-refractivity contribution in [2.24, 2.45) is 0 Å². The number of hydrogen-bond donors (Lipinski definition) is 0. The van der Waals surface area contributed by atoms with Gasteiger partial charge in [0.1, 0.15) is 5.82 Å². The average molecular weight is 381 g/mol. The highest BCUT2D eigenvalue weighted by molar-refractivity contribution is 5.78. The van der Waals surface area contributed by atoms with Crippen molar-refractivity contribution in [3.05, 3.63) is 80.2 Å². The summed E-state index contributed by atoms with van der Waals surface area (Å²) in [4.78, 5) is 28.6. The van der Waals surface area contributed by atoms with E-state index in [1.165, 1.54) is 29.5 Å². The molecule has 2 aromatic carbocycles. The predicted molar refractivity (Wildman–Crippen MR) is 108 cm³/mol. The monoisotopic (exact) mass is 381 g/mol. The van der Waals surface area contributed by atoms with Gasteiger partial charge in [-0.1, -0.05) is 23.8 Å². The molecule has 1 aromatic heterocycles. The second-order valence-corrected chi connectivity index (χ2v) is 7.52. The molecule has 146 valence electrons. The molecule has 4 rings (SSSR count). The summed E-state index contributed by atoms with van der Waals surface area (Å²) >= 11 is 0. The van der Waals surface area contributed by atoms with E-state index in [1.54, 1.807) is 16.7 Å². The molecular weight excluding hydrogens is 357 g/mol. The minimum atomic E-state index is -0.340. The van der Waals surface area contributed by atoms with E-state index in [1.807, 2.05) is 25.1 Å². The third-order valence-corrected chi connectivity index (χ3v) is 5.47. The van der Waals surface area contributed by atoms with E-state index in [-0.39, 0.29) is 23.6 Å². The molecule has 2 heterocycles. The fourth-order valence-electron chi connectivity index (χ4n) is 3.91. The fourth-order valence-corrected chi connectivity index (χ4v) is 3.91. The Bertz CT molecular complexity index is 1110. The van der Waals surface area contributed by atoms with Gasteiger partial charge in [-0.05, 0) is 62.7 Å². The molecule has 0 spiro atoms. The third kappa shape index (κ3) is 3.64. The van der Waals surface area contributed by atoms with Crippen molar-refractivity contribution < 1.29 is 4.39 Å². The van der Waals surface area contributed by atoms with Crippen molar-refractivity contribution in [1.29, 1.82) is 0 Å². The first kappa shape index (κ1) is 18.6. The van der Waals surface area contributed by atoms with Gasteiger partial charge in [-0.15, -0.1) is 0 Å². The highest BCUT2D eigenvalue weighted by Crippen LogP contribution is 2.13. The van der Waals surface area contributed by atoms with E-state index in [0.29, 0.717) is 17.4 Å². The zero-order valence-electron chi connectivity index (χ0n) is 16.0. The lowest BCUT2D eigenvalue weighted by Crippen LogP contribution is -2.41. The summed E-state index contributed by atoms with van der Waals surface area (Å²) in [5.41, 5.74) is 1.76. The zero-order chi connectivity index (χ0) is 19.7. The van der Waals surface area contributed by atoms with Gasteiger partial charge in [-0.25, -0.2) is 9.18 Å². The highest BCUT2D eigenvalue weighted by atomic mass is 19.1. The molecule has 1 saturated heterocycles. The summed E-state index contributed by atoms with van der Waals surface area (Å²) in [6.07, 6.45) is 2.39. The molecule has 1 fully saturated rings. The Hall–Kier alpha value is -2.73. The molecule has 1 aliphatic rings. The highest BCUT2D eigenvalue weighted by Gasteiger charge is 2.16.